The minimum Gasteiger partial charge on any atom is -0.395 e. The van der Waals surface area contributed by atoms with Crippen LogP contribution >= 0.6 is 0 Å². The van der Waals surface area contributed by atoms with Gasteiger partial charge in [-0.3, -0.25) is 0 Å². The summed E-state index contributed by atoms with van der Waals surface area (Å²) in [4.78, 5) is 0. The van der Waals surface area contributed by atoms with Gasteiger partial charge in [-0.2, -0.15) is 0 Å². The first-order valence-electron chi connectivity index (χ1n) is 4.72. The molecule has 80 valence electrons. The third-order valence-corrected chi connectivity index (χ3v) is 1.55. The number of hydrogen-bond donors (Lipinski definition) is 2. The van der Waals surface area contributed by atoms with E-state index in [1.807, 2.05) is 13.8 Å². The standard InChI is InChI=1S/C9H21NO3/c1-8(2)13-6-5-12-4-3-9(10)7-11/h8-9,11H,3-7,10H2,1-2H3. The summed E-state index contributed by atoms with van der Waals surface area (Å²) >= 11 is 0. The van der Waals surface area contributed by atoms with Crippen LogP contribution in [0.4, 0.5) is 0 Å². The minimum absolute atomic E-state index is 0.0197. The molecule has 1 atom stereocenters. The summed E-state index contributed by atoms with van der Waals surface area (Å²) in [5.41, 5.74) is 5.47. The molecule has 13 heavy (non-hydrogen) atoms. The molecule has 0 saturated carbocycles. The molecule has 0 aliphatic carbocycles. The second-order valence-electron chi connectivity index (χ2n) is 3.26. The molecular weight excluding hydrogens is 170 g/mol. The number of rotatable bonds is 8. The van der Waals surface area contributed by atoms with Crippen LogP contribution in [-0.4, -0.2) is 43.7 Å². The maximum absolute atomic E-state index is 8.61. The highest BCUT2D eigenvalue weighted by Gasteiger charge is 1.99. The van der Waals surface area contributed by atoms with Crippen molar-refractivity contribution in [2.45, 2.75) is 32.4 Å². The Morgan fingerprint density at radius 1 is 1.23 bits per heavy atom. The average Bonchev–Trinajstić information content (AvgIpc) is 2.10. The first-order chi connectivity index (χ1) is 6.16. The van der Waals surface area contributed by atoms with Crippen molar-refractivity contribution in [3.63, 3.8) is 0 Å². The van der Waals surface area contributed by atoms with Gasteiger partial charge in [-0.15, -0.1) is 0 Å². The lowest BCUT2D eigenvalue weighted by atomic mass is 10.2. The van der Waals surface area contributed by atoms with Crippen molar-refractivity contribution in [1.29, 1.82) is 0 Å². The first-order valence-corrected chi connectivity index (χ1v) is 4.72. The van der Waals surface area contributed by atoms with Crippen molar-refractivity contribution in [2.24, 2.45) is 5.73 Å². The predicted octanol–water partition coefficient (Wildman–Crippen LogP) is 0.138. The SMILES string of the molecule is CC(C)OCCOCCC(N)CO. The van der Waals surface area contributed by atoms with E-state index < -0.39 is 0 Å². The summed E-state index contributed by atoms with van der Waals surface area (Å²) in [6.07, 6.45) is 0.946. The lowest BCUT2D eigenvalue weighted by molar-refractivity contribution is 0.0171. The van der Waals surface area contributed by atoms with Crippen molar-refractivity contribution in [3.05, 3.63) is 0 Å². The summed E-state index contributed by atoms with van der Waals surface area (Å²) in [5, 5.41) is 8.61. The molecule has 0 saturated heterocycles. The minimum atomic E-state index is -0.161. The molecule has 0 fully saturated rings. The second-order valence-corrected chi connectivity index (χ2v) is 3.26. The number of hydrogen-bond acceptors (Lipinski definition) is 4. The van der Waals surface area contributed by atoms with Gasteiger partial charge in [0, 0.05) is 12.6 Å². The van der Waals surface area contributed by atoms with Gasteiger partial charge in [0.25, 0.3) is 0 Å². The molecule has 0 bridgehead atoms. The maximum atomic E-state index is 8.61. The Labute approximate surface area is 80.0 Å². The van der Waals surface area contributed by atoms with Crippen LogP contribution in [0.5, 0.6) is 0 Å². The van der Waals surface area contributed by atoms with Gasteiger partial charge in [-0.25, -0.2) is 0 Å². The first kappa shape index (κ1) is 12.8. The van der Waals surface area contributed by atoms with Gasteiger partial charge in [-0.05, 0) is 20.3 Å². The Morgan fingerprint density at radius 2 is 1.92 bits per heavy atom. The van der Waals surface area contributed by atoms with Crippen LogP contribution in [0.2, 0.25) is 0 Å². The summed E-state index contributed by atoms with van der Waals surface area (Å²) < 4.78 is 10.5. The molecule has 4 heteroatoms. The Kier molecular flexibility index (Phi) is 8.33. The van der Waals surface area contributed by atoms with E-state index in [-0.39, 0.29) is 18.8 Å². The quantitative estimate of drug-likeness (QED) is 0.536. The second kappa shape index (κ2) is 8.44. The molecule has 0 aliphatic heterocycles. The fourth-order valence-electron chi connectivity index (χ4n) is 0.771. The van der Waals surface area contributed by atoms with E-state index in [0.717, 1.165) is 0 Å². The topological polar surface area (TPSA) is 64.7 Å². The van der Waals surface area contributed by atoms with Gasteiger partial charge < -0.3 is 20.3 Å². The zero-order chi connectivity index (χ0) is 10.1. The Hall–Kier alpha value is -0.160. The Morgan fingerprint density at radius 3 is 2.46 bits per heavy atom. The van der Waals surface area contributed by atoms with Crippen LogP contribution in [0.15, 0.2) is 0 Å². The van der Waals surface area contributed by atoms with E-state index in [4.69, 9.17) is 20.3 Å². The third kappa shape index (κ3) is 9.76. The predicted molar refractivity (Wildman–Crippen MR) is 51.6 cm³/mol. The van der Waals surface area contributed by atoms with E-state index in [9.17, 15) is 0 Å². The number of aliphatic hydroxyl groups is 1. The fraction of sp³-hybridized carbons (Fsp3) is 1.00. The molecule has 4 nitrogen and oxygen atoms in total. The highest BCUT2D eigenvalue weighted by Crippen LogP contribution is 1.90. The molecule has 0 amide bonds. The molecule has 0 heterocycles. The monoisotopic (exact) mass is 191 g/mol. The van der Waals surface area contributed by atoms with Crippen LogP contribution in [0, 0.1) is 0 Å². The highest BCUT2D eigenvalue weighted by atomic mass is 16.5. The molecule has 3 N–H and O–H groups in total. The van der Waals surface area contributed by atoms with Crippen molar-refractivity contribution in [3.8, 4) is 0 Å². The summed E-state index contributed by atoms with van der Waals surface area (Å²) in [7, 11) is 0. The third-order valence-electron chi connectivity index (χ3n) is 1.55. The number of ether oxygens (including phenoxy) is 2. The van der Waals surface area contributed by atoms with Gasteiger partial charge >= 0.3 is 0 Å². The molecule has 0 aromatic rings. The smallest absolute Gasteiger partial charge is 0.0703 e. The van der Waals surface area contributed by atoms with Gasteiger partial charge in [0.2, 0.25) is 0 Å². The summed E-state index contributed by atoms with van der Waals surface area (Å²) in [6.45, 7) is 5.79. The normalized spacial score (nSPS) is 13.6. The number of nitrogens with two attached hydrogens (primary N) is 1. The van der Waals surface area contributed by atoms with Crippen molar-refractivity contribution >= 4 is 0 Å². The zero-order valence-electron chi connectivity index (χ0n) is 8.53. The van der Waals surface area contributed by atoms with Crippen LogP contribution in [0.1, 0.15) is 20.3 Å². The van der Waals surface area contributed by atoms with E-state index >= 15 is 0 Å². The van der Waals surface area contributed by atoms with E-state index in [1.165, 1.54) is 0 Å². The molecule has 0 rings (SSSR count). The summed E-state index contributed by atoms with van der Waals surface area (Å²) in [5.74, 6) is 0. The highest BCUT2D eigenvalue weighted by molar-refractivity contribution is 4.56. The van der Waals surface area contributed by atoms with Gasteiger partial charge in [0.15, 0.2) is 0 Å². The lowest BCUT2D eigenvalue weighted by Crippen LogP contribution is -2.26. The molecular formula is C9H21NO3. The van der Waals surface area contributed by atoms with E-state index in [2.05, 4.69) is 0 Å². The lowest BCUT2D eigenvalue weighted by Gasteiger charge is -2.10. The zero-order valence-corrected chi connectivity index (χ0v) is 8.53. The molecule has 0 aromatic heterocycles. The van der Waals surface area contributed by atoms with Crippen molar-refractivity contribution in [2.75, 3.05) is 26.4 Å². The fourth-order valence-corrected chi connectivity index (χ4v) is 0.771. The van der Waals surface area contributed by atoms with Crippen LogP contribution in [0.3, 0.4) is 0 Å². The van der Waals surface area contributed by atoms with Crippen LogP contribution in [-0.2, 0) is 9.47 Å². The van der Waals surface area contributed by atoms with E-state index in [1.54, 1.807) is 0 Å². The van der Waals surface area contributed by atoms with Gasteiger partial charge in [0.1, 0.15) is 0 Å². The van der Waals surface area contributed by atoms with E-state index in [0.29, 0.717) is 26.2 Å². The Balaban J connectivity index is 2.99. The van der Waals surface area contributed by atoms with Gasteiger partial charge in [-0.1, -0.05) is 0 Å². The van der Waals surface area contributed by atoms with Crippen LogP contribution < -0.4 is 5.73 Å². The average molecular weight is 191 g/mol. The number of aliphatic hydroxyl groups excluding tert-OH is 1. The maximum Gasteiger partial charge on any atom is 0.0703 e. The largest absolute Gasteiger partial charge is 0.395 e. The van der Waals surface area contributed by atoms with Crippen LogP contribution in [0.25, 0.3) is 0 Å². The molecule has 0 radical (unpaired) electrons. The van der Waals surface area contributed by atoms with Crippen molar-refractivity contribution in [1.82, 2.24) is 0 Å². The molecule has 0 aromatic carbocycles. The Bertz CT molecular complexity index is 109. The molecule has 0 aliphatic rings. The summed E-state index contributed by atoms with van der Waals surface area (Å²) in [6, 6.07) is -0.161. The van der Waals surface area contributed by atoms with Gasteiger partial charge in [0.05, 0.1) is 25.9 Å². The molecule has 1 unspecified atom stereocenters. The molecule has 0 spiro atoms. The van der Waals surface area contributed by atoms with Crippen molar-refractivity contribution < 1.29 is 14.6 Å².